The van der Waals surface area contributed by atoms with E-state index >= 15 is 0 Å². The summed E-state index contributed by atoms with van der Waals surface area (Å²) in [5, 5.41) is 6.00. The molecule has 1 aliphatic rings. The number of ether oxygens (including phenoxy) is 1. The topological polar surface area (TPSA) is 76.1 Å². The van der Waals surface area contributed by atoms with Crippen LogP contribution in [0.25, 0.3) is 0 Å². The molecule has 1 aromatic rings. The van der Waals surface area contributed by atoms with E-state index in [1.807, 2.05) is 0 Å². The average Bonchev–Trinajstić information content (AvgIpc) is 2.38. The second-order valence-electron chi connectivity index (χ2n) is 3.91. The molecule has 1 unspecified atom stereocenters. The Morgan fingerprint density at radius 2 is 2.59 bits per heavy atom. The van der Waals surface area contributed by atoms with Crippen LogP contribution in [0.5, 0.6) is 0 Å². The summed E-state index contributed by atoms with van der Waals surface area (Å²) in [4.78, 5) is 19.1. The Morgan fingerprint density at radius 1 is 1.71 bits per heavy atom. The Kier molecular flexibility index (Phi) is 4.00. The van der Waals surface area contributed by atoms with E-state index < -0.39 is 0 Å². The number of aromatic nitrogens is 2. The molecule has 0 spiro atoms. The van der Waals surface area contributed by atoms with Crippen molar-refractivity contribution in [3.63, 3.8) is 0 Å². The van der Waals surface area contributed by atoms with E-state index in [-0.39, 0.29) is 12.0 Å². The van der Waals surface area contributed by atoms with Gasteiger partial charge in [-0.1, -0.05) is 0 Å². The van der Waals surface area contributed by atoms with Crippen molar-refractivity contribution >= 4 is 5.91 Å². The van der Waals surface area contributed by atoms with Crippen LogP contribution in [-0.2, 0) is 16.1 Å². The van der Waals surface area contributed by atoms with Gasteiger partial charge >= 0.3 is 0 Å². The van der Waals surface area contributed by atoms with Crippen LogP contribution in [0.1, 0.15) is 24.3 Å². The fourth-order valence-electron chi connectivity index (χ4n) is 1.75. The van der Waals surface area contributed by atoms with Crippen LogP contribution in [0.15, 0.2) is 12.5 Å². The van der Waals surface area contributed by atoms with Crippen molar-refractivity contribution in [3.05, 3.63) is 23.8 Å². The number of hydrogen-bond donors (Lipinski definition) is 2. The number of hydrogen-bond acceptors (Lipinski definition) is 5. The number of nitrogens with one attached hydrogen (secondary N) is 2. The van der Waals surface area contributed by atoms with E-state index in [0.29, 0.717) is 13.2 Å². The fraction of sp³-hybridized carbons (Fsp3) is 0.545. The summed E-state index contributed by atoms with van der Waals surface area (Å²) in [7, 11) is 0. The van der Waals surface area contributed by atoms with Gasteiger partial charge in [0.2, 0.25) is 5.91 Å². The molecule has 1 fully saturated rings. The first-order valence-electron chi connectivity index (χ1n) is 5.63. The molecule has 1 aromatic heterocycles. The van der Waals surface area contributed by atoms with E-state index in [4.69, 9.17) is 4.74 Å². The highest BCUT2D eigenvalue weighted by atomic mass is 16.5. The van der Waals surface area contributed by atoms with Crippen LogP contribution in [0.3, 0.4) is 0 Å². The summed E-state index contributed by atoms with van der Waals surface area (Å²) in [6.45, 7) is 4.20. The van der Waals surface area contributed by atoms with Crippen LogP contribution in [0, 0.1) is 0 Å². The Hall–Kier alpha value is -1.53. The normalized spacial score (nSPS) is 19.9. The minimum atomic E-state index is -0.0671. The van der Waals surface area contributed by atoms with Crippen molar-refractivity contribution in [2.24, 2.45) is 0 Å². The fourth-order valence-corrected chi connectivity index (χ4v) is 1.75. The van der Waals surface area contributed by atoms with Crippen molar-refractivity contribution in [1.29, 1.82) is 0 Å². The van der Waals surface area contributed by atoms with Crippen molar-refractivity contribution in [2.75, 3.05) is 19.7 Å². The Bertz CT molecular complexity index is 391. The second kappa shape index (κ2) is 5.70. The van der Waals surface area contributed by atoms with E-state index in [9.17, 15) is 4.79 Å². The summed E-state index contributed by atoms with van der Waals surface area (Å²) in [5.41, 5.74) is 1.75. The maximum atomic E-state index is 10.9. The largest absolute Gasteiger partial charge is 0.369 e. The Morgan fingerprint density at radius 3 is 3.29 bits per heavy atom. The first-order valence-corrected chi connectivity index (χ1v) is 5.63. The van der Waals surface area contributed by atoms with Gasteiger partial charge in [0.05, 0.1) is 12.3 Å². The predicted octanol–water partition coefficient (Wildman–Crippen LogP) is -0.226. The molecule has 2 rings (SSSR count). The molecule has 2 N–H and O–H groups in total. The molecule has 0 bridgehead atoms. The summed E-state index contributed by atoms with van der Waals surface area (Å²) >= 11 is 0. The third kappa shape index (κ3) is 3.21. The summed E-state index contributed by atoms with van der Waals surface area (Å²) in [6, 6.07) is 0. The van der Waals surface area contributed by atoms with Gasteiger partial charge in [0.25, 0.3) is 0 Å². The molecule has 1 saturated heterocycles. The van der Waals surface area contributed by atoms with Crippen molar-refractivity contribution in [1.82, 2.24) is 20.6 Å². The van der Waals surface area contributed by atoms with Crippen LogP contribution >= 0.6 is 0 Å². The van der Waals surface area contributed by atoms with E-state index in [1.165, 1.54) is 13.3 Å². The minimum absolute atomic E-state index is 0.0597. The number of morpholine rings is 1. The maximum absolute atomic E-state index is 10.9. The quantitative estimate of drug-likeness (QED) is 0.758. The summed E-state index contributed by atoms with van der Waals surface area (Å²) < 4.78 is 5.65. The van der Waals surface area contributed by atoms with Gasteiger partial charge in [-0.05, 0) is 0 Å². The highest BCUT2D eigenvalue weighted by Gasteiger charge is 2.20. The summed E-state index contributed by atoms with van der Waals surface area (Å²) in [5.74, 6) is -0.0671. The Labute approximate surface area is 99.8 Å². The molecule has 92 valence electrons. The van der Waals surface area contributed by atoms with Gasteiger partial charge in [0.1, 0.15) is 12.4 Å². The van der Waals surface area contributed by atoms with Crippen molar-refractivity contribution < 1.29 is 9.53 Å². The average molecular weight is 236 g/mol. The van der Waals surface area contributed by atoms with Gasteiger partial charge in [0.15, 0.2) is 0 Å². The number of nitrogens with zero attached hydrogens (tertiary/aromatic N) is 2. The van der Waals surface area contributed by atoms with Crippen LogP contribution in [0.2, 0.25) is 0 Å². The molecule has 0 aromatic carbocycles. The van der Waals surface area contributed by atoms with Gasteiger partial charge < -0.3 is 15.4 Å². The van der Waals surface area contributed by atoms with E-state index in [1.54, 1.807) is 6.20 Å². The molecule has 1 amide bonds. The predicted molar refractivity (Wildman–Crippen MR) is 61.1 cm³/mol. The maximum Gasteiger partial charge on any atom is 0.217 e. The van der Waals surface area contributed by atoms with Crippen LogP contribution in [-0.4, -0.2) is 35.6 Å². The number of rotatable bonds is 3. The van der Waals surface area contributed by atoms with Crippen LogP contribution < -0.4 is 10.6 Å². The molecule has 0 saturated carbocycles. The summed E-state index contributed by atoms with van der Waals surface area (Å²) in [6.07, 6.45) is 3.16. The molecule has 1 aliphatic heterocycles. The SMILES string of the molecule is CC(=O)NCc1cncnc1C1CNCCO1. The van der Waals surface area contributed by atoms with E-state index in [0.717, 1.165) is 24.3 Å². The molecule has 17 heavy (non-hydrogen) atoms. The monoisotopic (exact) mass is 236 g/mol. The smallest absolute Gasteiger partial charge is 0.217 e. The zero-order chi connectivity index (χ0) is 12.1. The van der Waals surface area contributed by atoms with Crippen LogP contribution in [0.4, 0.5) is 0 Å². The van der Waals surface area contributed by atoms with Gasteiger partial charge in [-0.3, -0.25) is 4.79 Å². The zero-order valence-corrected chi connectivity index (χ0v) is 9.77. The van der Waals surface area contributed by atoms with Gasteiger partial charge in [-0.2, -0.15) is 0 Å². The number of amides is 1. The standard InChI is InChI=1S/C11H16N4O2/c1-8(16)14-5-9-4-13-7-15-11(9)10-6-12-2-3-17-10/h4,7,10,12H,2-3,5-6H2,1H3,(H,14,16). The third-order valence-electron chi connectivity index (χ3n) is 2.58. The first kappa shape index (κ1) is 11.9. The first-order chi connectivity index (χ1) is 8.27. The lowest BCUT2D eigenvalue weighted by Gasteiger charge is -2.24. The third-order valence-corrected chi connectivity index (χ3v) is 2.58. The van der Waals surface area contributed by atoms with E-state index in [2.05, 4.69) is 20.6 Å². The highest BCUT2D eigenvalue weighted by Crippen LogP contribution is 2.19. The lowest BCUT2D eigenvalue weighted by Crippen LogP contribution is -2.34. The van der Waals surface area contributed by atoms with Crippen molar-refractivity contribution in [2.45, 2.75) is 19.6 Å². The lowest BCUT2D eigenvalue weighted by atomic mass is 10.1. The minimum Gasteiger partial charge on any atom is -0.369 e. The van der Waals surface area contributed by atoms with Gasteiger partial charge in [-0.15, -0.1) is 0 Å². The lowest BCUT2D eigenvalue weighted by molar-refractivity contribution is -0.119. The molecule has 2 heterocycles. The molecule has 1 atom stereocenters. The second-order valence-corrected chi connectivity index (χ2v) is 3.91. The molecule has 0 aliphatic carbocycles. The van der Waals surface area contributed by atoms with Crippen molar-refractivity contribution in [3.8, 4) is 0 Å². The Balaban J connectivity index is 2.11. The molecular weight excluding hydrogens is 220 g/mol. The number of carbonyl (C=O) groups is 1. The molecule has 6 nitrogen and oxygen atoms in total. The molecule has 0 radical (unpaired) electrons. The molecular formula is C11H16N4O2. The highest BCUT2D eigenvalue weighted by molar-refractivity contribution is 5.72. The van der Waals surface area contributed by atoms with Gasteiger partial charge in [0, 0.05) is 38.3 Å². The zero-order valence-electron chi connectivity index (χ0n) is 9.77. The number of carbonyl (C=O) groups excluding carboxylic acids is 1. The van der Waals surface area contributed by atoms with Gasteiger partial charge in [-0.25, -0.2) is 9.97 Å². The molecule has 6 heteroatoms.